The van der Waals surface area contributed by atoms with Crippen LogP contribution in [-0.2, 0) is 31.9 Å². The minimum Gasteiger partial charge on any atom is -0.462 e. The highest BCUT2D eigenvalue weighted by molar-refractivity contribution is 7.80. The van der Waals surface area contributed by atoms with Crippen LogP contribution in [0.1, 0.15) is 11.1 Å². The fourth-order valence-corrected chi connectivity index (χ4v) is 2.27. The van der Waals surface area contributed by atoms with Gasteiger partial charge in [0.15, 0.2) is 0 Å². The van der Waals surface area contributed by atoms with Gasteiger partial charge in [-0.15, -0.1) is 25.3 Å². The lowest BCUT2D eigenvalue weighted by molar-refractivity contribution is -0.151. The summed E-state index contributed by atoms with van der Waals surface area (Å²) < 4.78 is 10.1. The number of hydrogen-bond acceptors (Lipinski definition) is 6. The molecule has 4 nitrogen and oxygen atoms in total. The first-order valence-corrected chi connectivity index (χ1v) is 8.29. The van der Waals surface area contributed by atoms with Crippen molar-refractivity contribution in [2.75, 3.05) is 13.2 Å². The summed E-state index contributed by atoms with van der Waals surface area (Å²) >= 11 is 8.36. The Balaban J connectivity index is 1.63. The topological polar surface area (TPSA) is 52.6 Å². The molecule has 2 aromatic carbocycles. The van der Waals surface area contributed by atoms with E-state index in [0.29, 0.717) is 0 Å². The van der Waals surface area contributed by atoms with Crippen LogP contribution >= 0.6 is 25.3 Å². The monoisotopic (exact) mass is 362 g/mol. The van der Waals surface area contributed by atoms with Crippen molar-refractivity contribution in [3.8, 4) is 0 Å². The zero-order valence-corrected chi connectivity index (χ0v) is 14.8. The molecule has 0 unspecified atom stereocenters. The molecule has 0 radical (unpaired) electrons. The van der Waals surface area contributed by atoms with Gasteiger partial charge in [0.1, 0.15) is 13.2 Å². The molecule has 0 aliphatic carbocycles. The van der Waals surface area contributed by atoms with Crippen LogP contribution in [0.4, 0.5) is 0 Å². The SMILES string of the molecule is O=C(Cc1ccc(S)cc1)OCCOC(=O)Cc1ccc(S)cc1. The predicted octanol–water partition coefficient (Wildman–Crippen LogP) is 3.14. The third-order valence-corrected chi connectivity index (χ3v) is 3.78. The molecule has 2 aromatic rings. The van der Waals surface area contributed by atoms with E-state index >= 15 is 0 Å². The summed E-state index contributed by atoms with van der Waals surface area (Å²) in [7, 11) is 0. The molecule has 0 heterocycles. The van der Waals surface area contributed by atoms with E-state index in [2.05, 4.69) is 25.3 Å². The number of benzene rings is 2. The van der Waals surface area contributed by atoms with Crippen LogP contribution in [-0.4, -0.2) is 25.2 Å². The molecule has 0 bridgehead atoms. The highest BCUT2D eigenvalue weighted by atomic mass is 32.1. The lowest BCUT2D eigenvalue weighted by Crippen LogP contribution is -2.16. The van der Waals surface area contributed by atoms with Gasteiger partial charge in [0, 0.05) is 9.79 Å². The Morgan fingerprint density at radius 3 is 1.33 bits per heavy atom. The molecule has 0 saturated heterocycles. The number of thiol groups is 2. The fraction of sp³-hybridized carbons (Fsp3) is 0.222. The van der Waals surface area contributed by atoms with Gasteiger partial charge in [-0.1, -0.05) is 24.3 Å². The summed E-state index contributed by atoms with van der Waals surface area (Å²) in [5.74, 6) is -0.718. The van der Waals surface area contributed by atoms with Crippen molar-refractivity contribution in [2.45, 2.75) is 22.6 Å². The number of carbonyl (C=O) groups excluding carboxylic acids is 2. The molecule has 0 amide bonds. The molecular formula is C18H18O4S2. The Morgan fingerprint density at radius 2 is 1.00 bits per heavy atom. The van der Waals surface area contributed by atoms with Gasteiger partial charge >= 0.3 is 11.9 Å². The Bertz CT molecular complexity index is 620. The van der Waals surface area contributed by atoms with Crippen LogP contribution in [0.2, 0.25) is 0 Å². The summed E-state index contributed by atoms with van der Waals surface area (Å²) in [5, 5.41) is 0. The fourth-order valence-electron chi connectivity index (χ4n) is 1.97. The predicted molar refractivity (Wildman–Crippen MR) is 96.7 cm³/mol. The lowest BCUT2D eigenvalue weighted by Gasteiger charge is -2.07. The van der Waals surface area contributed by atoms with Gasteiger partial charge in [-0.05, 0) is 35.4 Å². The largest absolute Gasteiger partial charge is 0.462 e. The smallest absolute Gasteiger partial charge is 0.310 e. The standard InChI is InChI=1S/C18H18O4S2/c19-17(11-13-1-5-15(23)6-2-13)21-9-10-22-18(20)12-14-3-7-16(24)8-4-14/h1-8,23-24H,9-12H2. The van der Waals surface area contributed by atoms with E-state index in [-0.39, 0.29) is 38.0 Å². The van der Waals surface area contributed by atoms with E-state index in [1.54, 1.807) is 0 Å². The second-order valence-electron chi connectivity index (χ2n) is 5.13. The molecule has 0 saturated carbocycles. The van der Waals surface area contributed by atoms with Crippen LogP contribution < -0.4 is 0 Å². The second-order valence-corrected chi connectivity index (χ2v) is 6.16. The molecule has 0 aliphatic heterocycles. The first kappa shape index (κ1) is 18.4. The molecule has 0 aromatic heterocycles. The van der Waals surface area contributed by atoms with Crippen LogP contribution in [0.5, 0.6) is 0 Å². The average molecular weight is 362 g/mol. The van der Waals surface area contributed by atoms with Crippen molar-refractivity contribution in [3.05, 3.63) is 59.7 Å². The van der Waals surface area contributed by atoms with Crippen LogP contribution in [0.25, 0.3) is 0 Å². The first-order chi connectivity index (χ1) is 11.5. The summed E-state index contributed by atoms with van der Waals surface area (Å²) in [5.41, 5.74) is 1.70. The van der Waals surface area contributed by atoms with Gasteiger partial charge in [-0.3, -0.25) is 9.59 Å². The van der Waals surface area contributed by atoms with E-state index in [4.69, 9.17) is 9.47 Å². The second kappa shape index (κ2) is 9.39. The highest BCUT2D eigenvalue weighted by Gasteiger charge is 2.07. The van der Waals surface area contributed by atoms with Gasteiger partial charge in [0.2, 0.25) is 0 Å². The number of rotatable bonds is 7. The minimum atomic E-state index is -0.359. The van der Waals surface area contributed by atoms with Crippen LogP contribution in [0.3, 0.4) is 0 Å². The summed E-state index contributed by atoms with van der Waals surface area (Å²) in [6.07, 6.45) is 0.357. The molecule has 126 valence electrons. The number of ether oxygens (including phenoxy) is 2. The first-order valence-electron chi connectivity index (χ1n) is 7.40. The molecule has 0 aliphatic rings. The Labute approximate surface area is 152 Å². The maximum Gasteiger partial charge on any atom is 0.310 e. The zero-order chi connectivity index (χ0) is 17.4. The number of esters is 2. The Hall–Kier alpha value is -1.92. The van der Waals surface area contributed by atoms with Crippen molar-refractivity contribution < 1.29 is 19.1 Å². The lowest BCUT2D eigenvalue weighted by atomic mass is 10.1. The van der Waals surface area contributed by atoms with Crippen LogP contribution in [0, 0.1) is 0 Å². The van der Waals surface area contributed by atoms with Crippen LogP contribution in [0.15, 0.2) is 58.3 Å². The van der Waals surface area contributed by atoms with Gasteiger partial charge in [-0.25, -0.2) is 0 Å². The Kier molecular flexibility index (Phi) is 7.21. The molecule has 0 spiro atoms. The molecule has 6 heteroatoms. The minimum absolute atomic E-state index is 0.0464. The molecular weight excluding hydrogens is 344 g/mol. The maximum absolute atomic E-state index is 11.7. The Morgan fingerprint density at radius 1 is 0.667 bits per heavy atom. The molecule has 0 atom stereocenters. The van der Waals surface area contributed by atoms with Gasteiger partial charge in [0.25, 0.3) is 0 Å². The summed E-state index contributed by atoms with van der Waals surface area (Å²) in [6.45, 7) is 0.0929. The van der Waals surface area contributed by atoms with Gasteiger partial charge < -0.3 is 9.47 Å². The van der Waals surface area contributed by atoms with E-state index in [0.717, 1.165) is 20.9 Å². The summed E-state index contributed by atoms with van der Waals surface area (Å²) in [4.78, 5) is 25.0. The van der Waals surface area contributed by atoms with Gasteiger partial charge in [0.05, 0.1) is 12.8 Å². The van der Waals surface area contributed by atoms with E-state index in [1.165, 1.54) is 0 Å². The van der Waals surface area contributed by atoms with Crippen molar-refractivity contribution in [1.82, 2.24) is 0 Å². The highest BCUT2D eigenvalue weighted by Crippen LogP contribution is 2.09. The van der Waals surface area contributed by atoms with Crippen molar-refractivity contribution in [2.24, 2.45) is 0 Å². The number of carbonyl (C=O) groups is 2. The van der Waals surface area contributed by atoms with Crippen molar-refractivity contribution in [1.29, 1.82) is 0 Å². The molecule has 0 fully saturated rings. The average Bonchev–Trinajstić information content (AvgIpc) is 2.56. The third-order valence-electron chi connectivity index (χ3n) is 3.18. The van der Waals surface area contributed by atoms with Crippen molar-refractivity contribution >= 4 is 37.2 Å². The maximum atomic E-state index is 11.7. The molecule has 0 N–H and O–H groups in total. The van der Waals surface area contributed by atoms with Crippen molar-refractivity contribution in [3.63, 3.8) is 0 Å². The van der Waals surface area contributed by atoms with E-state index < -0.39 is 0 Å². The van der Waals surface area contributed by atoms with E-state index in [9.17, 15) is 9.59 Å². The molecule has 24 heavy (non-hydrogen) atoms. The van der Waals surface area contributed by atoms with E-state index in [1.807, 2.05) is 48.5 Å². The summed E-state index contributed by atoms with van der Waals surface area (Å²) in [6, 6.07) is 14.5. The zero-order valence-electron chi connectivity index (χ0n) is 13.0. The normalized spacial score (nSPS) is 10.2. The van der Waals surface area contributed by atoms with Gasteiger partial charge in [-0.2, -0.15) is 0 Å². The number of hydrogen-bond donors (Lipinski definition) is 2. The third kappa shape index (κ3) is 6.68. The quantitative estimate of drug-likeness (QED) is 0.451. The molecule has 2 rings (SSSR count).